The molecule has 4 aromatic rings. The van der Waals surface area contributed by atoms with Crippen molar-refractivity contribution in [1.82, 2.24) is 14.8 Å². The van der Waals surface area contributed by atoms with Gasteiger partial charge in [-0.2, -0.15) is 9.78 Å². The third kappa shape index (κ3) is 3.50. The number of nitrogens with zero attached hydrogens (tertiary/aromatic N) is 3. The molecular weight excluding hydrogens is 378 g/mol. The lowest BCUT2D eigenvalue weighted by molar-refractivity contribution is 0.0466. The van der Waals surface area contributed by atoms with Gasteiger partial charge < -0.3 is 4.74 Å². The van der Waals surface area contributed by atoms with Gasteiger partial charge in [-0.15, -0.1) is 0 Å². The monoisotopic (exact) mass is 391 g/mol. The largest absolute Gasteiger partial charge is 0.456 e. The molecular formula is C21H14ClN3O3. The second kappa shape index (κ2) is 7.62. The van der Waals surface area contributed by atoms with Crippen LogP contribution in [0.15, 0.2) is 77.7 Å². The van der Waals surface area contributed by atoms with E-state index in [0.717, 1.165) is 0 Å². The van der Waals surface area contributed by atoms with Gasteiger partial charge >= 0.3 is 5.97 Å². The highest BCUT2D eigenvalue weighted by Gasteiger charge is 2.18. The topological polar surface area (TPSA) is 74.1 Å². The molecule has 138 valence electrons. The quantitative estimate of drug-likeness (QED) is 0.391. The van der Waals surface area contributed by atoms with Crippen molar-refractivity contribution in [3.63, 3.8) is 0 Å². The van der Waals surface area contributed by atoms with Crippen molar-refractivity contribution in [2.45, 2.75) is 6.61 Å². The highest BCUT2D eigenvalue weighted by atomic mass is 35.5. The standard InChI is InChI=1S/C21H14ClN3O3/c22-18-11-10-14(12-23-18)13-28-21(27)19-16-8-4-5-9-17(16)20(26)25(24-19)15-6-2-1-3-7-15/h1-12H,13H2. The van der Waals surface area contributed by atoms with E-state index in [4.69, 9.17) is 16.3 Å². The van der Waals surface area contributed by atoms with Crippen LogP contribution in [0.25, 0.3) is 16.5 Å². The van der Waals surface area contributed by atoms with Crippen molar-refractivity contribution in [1.29, 1.82) is 0 Å². The SMILES string of the molecule is O=C(OCc1ccc(Cl)nc1)c1nn(-c2ccccc2)c(=O)c2ccccc12. The Hall–Kier alpha value is -3.51. The number of ether oxygens (including phenoxy) is 1. The summed E-state index contributed by atoms with van der Waals surface area (Å²) in [6, 6.07) is 19.1. The average Bonchev–Trinajstić information content (AvgIpc) is 2.74. The number of fused-ring (bicyclic) bond motifs is 1. The maximum atomic E-state index is 12.8. The average molecular weight is 392 g/mol. The van der Waals surface area contributed by atoms with Gasteiger partial charge in [0.15, 0.2) is 5.69 Å². The van der Waals surface area contributed by atoms with Crippen LogP contribution >= 0.6 is 11.6 Å². The minimum atomic E-state index is -0.629. The number of para-hydroxylation sites is 1. The number of carbonyl (C=O) groups is 1. The van der Waals surface area contributed by atoms with Gasteiger partial charge in [0.25, 0.3) is 5.56 Å². The second-order valence-corrected chi connectivity index (χ2v) is 6.40. The zero-order valence-corrected chi connectivity index (χ0v) is 15.3. The van der Waals surface area contributed by atoms with Crippen molar-refractivity contribution in [2.24, 2.45) is 0 Å². The number of benzene rings is 2. The van der Waals surface area contributed by atoms with E-state index < -0.39 is 5.97 Å². The number of hydrogen-bond donors (Lipinski definition) is 0. The highest BCUT2D eigenvalue weighted by molar-refractivity contribution is 6.29. The van der Waals surface area contributed by atoms with Crippen LogP contribution in [-0.4, -0.2) is 20.7 Å². The van der Waals surface area contributed by atoms with Crippen LogP contribution in [0.5, 0.6) is 0 Å². The van der Waals surface area contributed by atoms with Crippen LogP contribution in [0.4, 0.5) is 0 Å². The first-order chi connectivity index (χ1) is 13.6. The lowest BCUT2D eigenvalue weighted by atomic mass is 10.1. The fourth-order valence-electron chi connectivity index (χ4n) is 2.79. The van der Waals surface area contributed by atoms with Crippen LogP contribution in [0.2, 0.25) is 5.15 Å². The van der Waals surface area contributed by atoms with Crippen molar-refractivity contribution in [2.75, 3.05) is 0 Å². The number of halogens is 1. The van der Waals surface area contributed by atoms with Crippen molar-refractivity contribution >= 4 is 28.3 Å². The van der Waals surface area contributed by atoms with Gasteiger partial charge in [-0.25, -0.2) is 9.78 Å². The summed E-state index contributed by atoms with van der Waals surface area (Å²) in [5.74, 6) is -0.629. The van der Waals surface area contributed by atoms with Crippen LogP contribution in [0.1, 0.15) is 16.1 Å². The van der Waals surface area contributed by atoms with E-state index in [1.807, 2.05) is 6.07 Å². The number of aromatic nitrogens is 3. The minimum absolute atomic E-state index is 0.0173. The van der Waals surface area contributed by atoms with E-state index in [-0.39, 0.29) is 17.9 Å². The molecule has 0 aliphatic rings. The second-order valence-electron chi connectivity index (χ2n) is 6.01. The predicted octanol–water partition coefficient (Wildman–Crippen LogP) is 3.79. The molecule has 2 heterocycles. The van der Waals surface area contributed by atoms with Gasteiger partial charge in [-0.05, 0) is 24.3 Å². The van der Waals surface area contributed by atoms with E-state index in [1.54, 1.807) is 60.7 Å². The first kappa shape index (κ1) is 17.9. The maximum absolute atomic E-state index is 12.8. The van der Waals surface area contributed by atoms with Crippen molar-refractivity contribution in [3.8, 4) is 5.69 Å². The predicted molar refractivity (Wildman–Crippen MR) is 106 cm³/mol. The molecule has 2 aromatic carbocycles. The molecule has 0 unspecified atom stereocenters. The van der Waals surface area contributed by atoms with Crippen molar-refractivity contribution < 1.29 is 9.53 Å². The molecule has 0 spiro atoms. The molecule has 0 saturated heterocycles. The van der Waals surface area contributed by atoms with E-state index >= 15 is 0 Å². The molecule has 0 fully saturated rings. The Kier molecular flexibility index (Phi) is 4.87. The fourth-order valence-corrected chi connectivity index (χ4v) is 2.91. The van der Waals surface area contributed by atoms with Crippen LogP contribution in [0, 0.1) is 0 Å². The third-order valence-electron chi connectivity index (χ3n) is 4.16. The Balaban J connectivity index is 1.75. The summed E-state index contributed by atoms with van der Waals surface area (Å²) in [5.41, 5.74) is 1.02. The number of hydrogen-bond acceptors (Lipinski definition) is 5. The zero-order chi connectivity index (χ0) is 19.5. The summed E-state index contributed by atoms with van der Waals surface area (Å²) in [7, 11) is 0. The first-order valence-corrected chi connectivity index (χ1v) is 8.86. The van der Waals surface area contributed by atoms with E-state index in [0.29, 0.717) is 27.2 Å². The van der Waals surface area contributed by atoms with Crippen LogP contribution in [-0.2, 0) is 11.3 Å². The number of pyridine rings is 1. The van der Waals surface area contributed by atoms with Gasteiger partial charge in [-0.1, -0.05) is 54.1 Å². The van der Waals surface area contributed by atoms with Gasteiger partial charge in [0.1, 0.15) is 11.8 Å². The molecule has 0 aliphatic heterocycles. The number of rotatable bonds is 4. The Bertz CT molecular complexity index is 1210. The third-order valence-corrected chi connectivity index (χ3v) is 4.38. The van der Waals surface area contributed by atoms with Gasteiger partial charge in [0, 0.05) is 17.1 Å². The lowest BCUT2D eigenvalue weighted by Crippen LogP contribution is -2.25. The molecule has 0 bridgehead atoms. The number of esters is 1. The first-order valence-electron chi connectivity index (χ1n) is 8.48. The Morgan fingerprint density at radius 2 is 1.68 bits per heavy atom. The molecule has 0 amide bonds. The molecule has 0 saturated carbocycles. The number of carbonyl (C=O) groups excluding carboxylic acids is 1. The summed E-state index contributed by atoms with van der Waals surface area (Å²) < 4.78 is 6.60. The zero-order valence-electron chi connectivity index (χ0n) is 14.6. The molecule has 0 radical (unpaired) electrons. The van der Waals surface area contributed by atoms with Gasteiger partial charge in [-0.3, -0.25) is 4.79 Å². The summed E-state index contributed by atoms with van der Waals surface area (Å²) >= 11 is 5.76. The Labute approximate surface area is 165 Å². The lowest BCUT2D eigenvalue weighted by Gasteiger charge is -2.11. The molecule has 4 rings (SSSR count). The molecule has 28 heavy (non-hydrogen) atoms. The molecule has 0 aliphatic carbocycles. The molecule has 6 nitrogen and oxygen atoms in total. The highest BCUT2D eigenvalue weighted by Crippen LogP contribution is 2.17. The van der Waals surface area contributed by atoms with E-state index in [2.05, 4.69) is 10.1 Å². The minimum Gasteiger partial charge on any atom is -0.456 e. The molecule has 0 atom stereocenters. The Morgan fingerprint density at radius 1 is 0.964 bits per heavy atom. The maximum Gasteiger partial charge on any atom is 0.359 e. The van der Waals surface area contributed by atoms with Gasteiger partial charge in [0.05, 0.1) is 11.1 Å². The van der Waals surface area contributed by atoms with Crippen molar-refractivity contribution in [3.05, 3.63) is 99.7 Å². The molecule has 0 N–H and O–H groups in total. The molecule has 2 aromatic heterocycles. The Morgan fingerprint density at radius 3 is 2.39 bits per heavy atom. The summed E-state index contributed by atoms with van der Waals surface area (Å²) in [4.78, 5) is 29.5. The summed E-state index contributed by atoms with van der Waals surface area (Å²) in [5, 5.41) is 5.48. The van der Waals surface area contributed by atoms with Crippen LogP contribution < -0.4 is 5.56 Å². The normalized spacial score (nSPS) is 10.8. The van der Waals surface area contributed by atoms with Gasteiger partial charge in [0.2, 0.25) is 0 Å². The van der Waals surface area contributed by atoms with E-state index in [9.17, 15) is 9.59 Å². The smallest absolute Gasteiger partial charge is 0.359 e. The fraction of sp³-hybridized carbons (Fsp3) is 0.0476. The summed E-state index contributed by atoms with van der Waals surface area (Å²) in [6.45, 7) is 0.0173. The van der Waals surface area contributed by atoms with Crippen LogP contribution in [0.3, 0.4) is 0 Å². The molecule has 7 heteroatoms. The summed E-state index contributed by atoms with van der Waals surface area (Å²) in [6.07, 6.45) is 1.53. The van der Waals surface area contributed by atoms with E-state index in [1.165, 1.54) is 10.9 Å².